The van der Waals surface area contributed by atoms with Gasteiger partial charge in [-0.15, -0.1) is 0 Å². The zero-order valence-electron chi connectivity index (χ0n) is 4.94. The molecule has 1 N–H and O–H groups in total. The van der Waals surface area contributed by atoms with E-state index in [1.165, 1.54) is 0 Å². The molecular formula is C5H7NO2Pb. The van der Waals surface area contributed by atoms with Crippen LogP contribution in [0.5, 0.6) is 0 Å². The van der Waals surface area contributed by atoms with Gasteiger partial charge in [-0.3, -0.25) is 14.9 Å². The Morgan fingerprint density at radius 1 is 1.11 bits per heavy atom. The van der Waals surface area contributed by atoms with Gasteiger partial charge >= 0.3 is 0 Å². The molecule has 4 radical (unpaired) electrons. The fourth-order valence-corrected chi connectivity index (χ4v) is 0.690. The predicted octanol–water partition coefficient (Wildman–Crippen LogP) is -0.568. The molecule has 0 aliphatic carbocycles. The van der Waals surface area contributed by atoms with Crippen LogP contribution in [0.25, 0.3) is 0 Å². The quantitative estimate of drug-likeness (QED) is 0.480. The first kappa shape index (κ1) is 9.06. The van der Waals surface area contributed by atoms with E-state index in [1.807, 2.05) is 0 Å². The maximum Gasteiger partial charge on any atom is 0.226 e. The summed E-state index contributed by atoms with van der Waals surface area (Å²) >= 11 is 0. The monoisotopic (exact) mass is 321 g/mol. The van der Waals surface area contributed by atoms with E-state index in [-0.39, 0.29) is 39.1 Å². The van der Waals surface area contributed by atoms with E-state index in [0.29, 0.717) is 19.3 Å². The number of carbonyl (C=O) groups excluding carboxylic acids is 2. The molecule has 2 amide bonds. The summed E-state index contributed by atoms with van der Waals surface area (Å²) < 4.78 is 0. The summed E-state index contributed by atoms with van der Waals surface area (Å²) in [6.07, 6.45) is 1.72. The Hall–Kier alpha value is 0.0621. The molecule has 1 rings (SSSR count). The van der Waals surface area contributed by atoms with Crippen molar-refractivity contribution in [3.63, 3.8) is 0 Å². The Morgan fingerprint density at radius 2 is 1.56 bits per heavy atom. The van der Waals surface area contributed by atoms with Gasteiger partial charge in [-0.2, -0.15) is 0 Å². The normalized spacial score (nSPS) is 18.2. The van der Waals surface area contributed by atoms with Gasteiger partial charge in [0.25, 0.3) is 0 Å². The van der Waals surface area contributed by atoms with Crippen LogP contribution in [0.15, 0.2) is 0 Å². The molecule has 48 valence electrons. The zero-order chi connectivity index (χ0) is 5.98. The van der Waals surface area contributed by atoms with Gasteiger partial charge in [0, 0.05) is 40.1 Å². The molecule has 1 aliphatic rings. The molecule has 4 heteroatoms. The van der Waals surface area contributed by atoms with E-state index in [2.05, 4.69) is 5.32 Å². The summed E-state index contributed by atoms with van der Waals surface area (Å²) in [6.45, 7) is 0. The number of hydrogen-bond donors (Lipinski definition) is 1. The van der Waals surface area contributed by atoms with Crippen LogP contribution in [-0.2, 0) is 9.59 Å². The van der Waals surface area contributed by atoms with Crippen molar-refractivity contribution in [3.8, 4) is 0 Å². The van der Waals surface area contributed by atoms with Gasteiger partial charge in [0.15, 0.2) is 0 Å². The average molecular weight is 320 g/mol. The Kier molecular flexibility index (Phi) is 4.00. The van der Waals surface area contributed by atoms with Gasteiger partial charge in [-0.25, -0.2) is 0 Å². The second-order valence-electron chi connectivity index (χ2n) is 1.82. The molecular weight excluding hydrogens is 313 g/mol. The third-order valence-corrected chi connectivity index (χ3v) is 1.09. The standard InChI is InChI=1S/C5H7NO2.Pb/c7-4-2-1-3-5(8)6-4;/h1-3H2,(H,6,7,8);. The number of rotatable bonds is 0. The topological polar surface area (TPSA) is 46.2 Å². The van der Waals surface area contributed by atoms with Gasteiger partial charge < -0.3 is 0 Å². The Bertz CT molecular complexity index is 121. The van der Waals surface area contributed by atoms with Crippen LogP contribution < -0.4 is 5.32 Å². The van der Waals surface area contributed by atoms with Crippen molar-refractivity contribution in [2.45, 2.75) is 19.3 Å². The van der Waals surface area contributed by atoms with Crippen LogP contribution in [0.1, 0.15) is 19.3 Å². The van der Waals surface area contributed by atoms with Gasteiger partial charge in [0.1, 0.15) is 0 Å². The third kappa shape index (κ3) is 2.93. The molecule has 0 aromatic heterocycles. The first-order valence-electron chi connectivity index (χ1n) is 2.62. The summed E-state index contributed by atoms with van der Waals surface area (Å²) in [5.41, 5.74) is 0. The number of imide groups is 1. The van der Waals surface area contributed by atoms with Crippen molar-refractivity contribution < 1.29 is 9.59 Å². The van der Waals surface area contributed by atoms with Crippen molar-refractivity contribution >= 4 is 39.1 Å². The van der Waals surface area contributed by atoms with Crippen LogP contribution in [0.3, 0.4) is 0 Å². The third-order valence-electron chi connectivity index (χ3n) is 1.09. The second kappa shape index (κ2) is 3.97. The minimum absolute atomic E-state index is 0. The van der Waals surface area contributed by atoms with Crippen LogP contribution in [0.2, 0.25) is 0 Å². The SMILES string of the molecule is O=C1CCCC(=O)N1.[Pb]. The number of carbonyl (C=O) groups is 2. The van der Waals surface area contributed by atoms with Crippen molar-refractivity contribution in [1.29, 1.82) is 0 Å². The average Bonchev–Trinajstić information content (AvgIpc) is 1.64. The van der Waals surface area contributed by atoms with Gasteiger partial charge in [-0.1, -0.05) is 0 Å². The van der Waals surface area contributed by atoms with E-state index in [9.17, 15) is 9.59 Å². The fourth-order valence-electron chi connectivity index (χ4n) is 0.690. The summed E-state index contributed by atoms with van der Waals surface area (Å²) in [7, 11) is 0. The molecule has 0 unspecified atom stereocenters. The van der Waals surface area contributed by atoms with Crippen LogP contribution >= 0.6 is 0 Å². The molecule has 0 spiro atoms. The van der Waals surface area contributed by atoms with Crippen molar-refractivity contribution in [1.82, 2.24) is 5.32 Å². The molecule has 1 aliphatic heterocycles. The molecule has 0 atom stereocenters. The minimum atomic E-state index is -0.138. The smallest absolute Gasteiger partial charge is 0.226 e. The first-order valence-corrected chi connectivity index (χ1v) is 2.62. The van der Waals surface area contributed by atoms with Crippen molar-refractivity contribution in [2.75, 3.05) is 0 Å². The molecule has 1 heterocycles. The van der Waals surface area contributed by atoms with Crippen molar-refractivity contribution in [3.05, 3.63) is 0 Å². The molecule has 0 aromatic carbocycles. The van der Waals surface area contributed by atoms with Crippen LogP contribution in [0.4, 0.5) is 0 Å². The Morgan fingerprint density at radius 3 is 1.78 bits per heavy atom. The maximum absolute atomic E-state index is 10.3. The molecule has 0 aromatic rings. The minimum Gasteiger partial charge on any atom is -0.296 e. The van der Waals surface area contributed by atoms with Crippen LogP contribution in [0, 0.1) is 0 Å². The van der Waals surface area contributed by atoms with Gasteiger partial charge in [0.2, 0.25) is 11.8 Å². The molecule has 9 heavy (non-hydrogen) atoms. The van der Waals surface area contributed by atoms with E-state index in [0.717, 1.165) is 0 Å². The number of hydrogen-bond acceptors (Lipinski definition) is 2. The zero-order valence-corrected chi connectivity index (χ0v) is 8.83. The number of piperidine rings is 1. The summed E-state index contributed by atoms with van der Waals surface area (Å²) in [6, 6.07) is 0. The Balaban J connectivity index is 0.000000640. The van der Waals surface area contributed by atoms with Gasteiger partial charge in [-0.05, 0) is 6.42 Å². The van der Waals surface area contributed by atoms with Gasteiger partial charge in [0.05, 0.1) is 0 Å². The molecule has 0 bridgehead atoms. The molecule has 0 saturated carbocycles. The van der Waals surface area contributed by atoms with E-state index in [4.69, 9.17) is 0 Å². The number of amides is 2. The maximum atomic E-state index is 10.3. The fraction of sp³-hybridized carbons (Fsp3) is 0.600. The Labute approximate surface area is 73.3 Å². The number of nitrogens with one attached hydrogen (secondary N) is 1. The summed E-state index contributed by atoms with van der Waals surface area (Å²) in [5, 5.41) is 2.20. The predicted molar refractivity (Wildman–Crippen MR) is 32.8 cm³/mol. The van der Waals surface area contributed by atoms with E-state index >= 15 is 0 Å². The van der Waals surface area contributed by atoms with Crippen molar-refractivity contribution in [2.24, 2.45) is 0 Å². The summed E-state index contributed by atoms with van der Waals surface area (Å²) in [5.74, 6) is -0.275. The van der Waals surface area contributed by atoms with Crippen LogP contribution in [-0.4, -0.2) is 39.1 Å². The molecule has 3 nitrogen and oxygen atoms in total. The largest absolute Gasteiger partial charge is 0.296 e. The molecule has 1 fully saturated rings. The second-order valence-corrected chi connectivity index (χ2v) is 1.82. The van der Waals surface area contributed by atoms with E-state index in [1.54, 1.807) is 0 Å². The first-order chi connectivity index (χ1) is 3.79. The van der Waals surface area contributed by atoms with E-state index < -0.39 is 0 Å². The molecule has 1 saturated heterocycles. The summed E-state index contributed by atoms with van der Waals surface area (Å²) in [4.78, 5) is 20.7.